The van der Waals surface area contributed by atoms with Gasteiger partial charge in [-0.2, -0.15) is 0 Å². The van der Waals surface area contributed by atoms with E-state index in [9.17, 15) is 9.59 Å². The number of carbonyl (C=O) groups excluding carboxylic acids is 1. The first kappa shape index (κ1) is 12.4. The Hall–Kier alpha value is -1.68. The summed E-state index contributed by atoms with van der Waals surface area (Å²) in [4.78, 5) is 25.2. The Balaban J connectivity index is 1.92. The molecule has 3 unspecified atom stereocenters. The maximum Gasteiger partial charge on any atom is 0.335 e. The molecule has 1 aromatic carbocycles. The van der Waals surface area contributed by atoms with Crippen LogP contribution in [0.15, 0.2) is 24.3 Å². The minimum atomic E-state index is -0.916. The van der Waals surface area contributed by atoms with Gasteiger partial charge in [-0.05, 0) is 37.6 Å². The van der Waals surface area contributed by atoms with Gasteiger partial charge in [0, 0.05) is 24.4 Å². The fourth-order valence-corrected chi connectivity index (χ4v) is 3.50. The normalized spacial score (nSPS) is 30.6. The Morgan fingerprint density at radius 1 is 1.26 bits per heavy atom. The molecule has 0 radical (unpaired) electrons. The molecule has 2 saturated heterocycles. The average Bonchev–Trinajstić information content (AvgIpc) is 2.40. The van der Waals surface area contributed by atoms with Crippen molar-refractivity contribution in [3.8, 4) is 0 Å². The van der Waals surface area contributed by atoms with Gasteiger partial charge in [0.2, 0.25) is 0 Å². The van der Waals surface area contributed by atoms with Gasteiger partial charge >= 0.3 is 5.97 Å². The van der Waals surface area contributed by atoms with Gasteiger partial charge in [-0.1, -0.05) is 12.1 Å². The summed E-state index contributed by atoms with van der Waals surface area (Å²) >= 11 is 0. The van der Waals surface area contributed by atoms with E-state index in [2.05, 4.69) is 11.9 Å². The lowest BCUT2D eigenvalue weighted by Crippen LogP contribution is -2.52. The van der Waals surface area contributed by atoms with Gasteiger partial charge in [0.25, 0.3) is 0 Å². The zero-order valence-electron chi connectivity index (χ0n) is 10.9. The van der Waals surface area contributed by atoms with E-state index < -0.39 is 5.97 Å². The second kappa shape index (κ2) is 4.46. The summed E-state index contributed by atoms with van der Waals surface area (Å²) in [6, 6.07) is 7.40. The standard InChI is InChI=1S/C15H17NO3/c1-16-11-6-7-12(13(17)8-11)14(16)9-2-4-10(5-3-9)15(18)19/h2-5,11-12,14H,6-8H2,1H3,(H,18,19). The van der Waals surface area contributed by atoms with E-state index in [4.69, 9.17) is 5.11 Å². The van der Waals surface area contributed by atoms with Crippen molar-refractivity contribution in [1.82, 2.24) is 4.90 Å². The number of carbonyl (C=O) groups is 2. The zero-order valence-corrected chi connectivity index (χ0v) is 10.9. The summed E-state index contributed by atoms with van der Waals surface area (Å²) in [6.45, 7) is 0. The summed E-state index contributed by atoms with van der Waals surface area (Å²) in [5.41, 5.74) is 1.34. The molecule has 2 aliphatic heterocycles. The first-order valence-corrected chi connectivity index (χ1v) is 6.66. The van der Waals surface area contributed by atoms with Crippen LogP contribution >= 0.6 is 0 Å². The number of carboxylic acid groups (broad SMARTS) is 1. The van der Waals surface area contributed by atoms with Crippen LogP contribution in [0.2, 0.25) is 0 Å². The molecule has 0 aromatic heterocycles. The lowest BCUT2D eigenvalue weighted by Gasteiger charge is -2.49. The van der Waals surface area contributed by atoms with Crippen molar-refractivity contribution in [2.45, 2.75) is 31.3 Å². The fourth-order valence-electron chi connectivity index (χ4n) is 3.50. The number of nitrogens with zero attached hydrogens (tertiary/aromatic N) is 1. The second-order valence-electron chi connectivity index (χ2n) is 5.55. The summed E-state index contributed by atoms with van der Waals surface area (Å²) in [5.74, 6) is -0.478. The monoisotopic (exact) mass is 259 g/mol. The molecule has 1 aromatic rings. The Morgan fingerprint density at radius 2 is 1.95 bits per heavy atom. The van der Waals surface area contributed by atoms with Crippen molar-refractivity contribution in [2.75, 3.05) is 7.05 Å². The molecule has 2 bridgehead atoms. The Bertz CT molecular complexity index is 523. The van der Waals surface area contributed by atoms with Crippen LogP contribution in [-0.4, -0.2) is 34.8 Å². The number of aromatic carboxylic acids is 1. The van der Waals surface area contributed by atoms with Crippen LogP contribution in [-0.2, 0) is 4.79 Å². The van der Waals surface area contributed by atoms with E-state index >= 15 is 0 Å². The highest BCUT2D eigenvalue weighted by atomic mass is 16.4. The van der Waals surface area contributed by atoms with Crippen LogP contribution < -0.4 is 0 Å². The molecule has 3 aliphatic rings. The second-order valence-corrected chi connectivity index (χ2v) is 5.55. The third-order valence-electron chi connectivity index (χ3n) is 4.56. The summed E-state index contributed by atoms with van der Waals surface area (Å²) in [6.07, 6.45) is 2.72. The number of carboxylic acids is 1. The van der Waals surface area contributed by atoms with Crippen LogP contribution in [0.3, 0.4) is 0 Å². The van der Waals surface area contributed by atoms with E-state index in [0.717, 1.165) is 18.4 Å². The molecule has 0 spiro atoms. The minimum absolute atomic E-state index is 0.0747. The van der Waals surface area contributed by atoms with Gasteiger partial charge < -0.3 is 5.11 Å². The van der Waals surface area contributed by atoms with Gasteiger partial charge in [-0.3, -0.25) is 9.69 Å². The number of rotatable bonds is 2. The van der Waals surface area contributed by atoms with Gasteiger partial charge in [-0.15, -0.1) is 0 Å². The maximum atomic E-state index is 12.0. The third kappa shape index (κ3) is 1.96. The van der Waals surface area contributed by atoms with Gasteiger partial charge in [-0.25, -0.2) is 4.79 Å². The topological polar surface area (TPSA) is 57.6 Å². The van der Waals surface area contributed by atoms with E-state index in [1.54, 1.807) is 12.1 Å². The van der Waals surface area contributed by atoms with Gasteiger partial charge in [0.05, 0.1) is 5.56 Å². The van der Waals surface area contributed by atoms with Crippen LogP contribution in [0.4, 0.5) is 0 Å². The molecule has 4 heteroatoms. The zero-order chi connectivity index (χ0) is 13.6. The maximum absolute atomic E-state index is 12.0. The molecule has 3 fully saturated rings. The number of ketones is 1. The van der Waals surface area contributed by atoms with E-state index in [1.807, 2.05) is 12.1 Å². The van der Waals surface area contributed by atoms with Crippen LogP contribution in [0.5, 0.6) is 0 Å². The van der Waals surface area contributed by atoms with Gasteiger partial charge in [0.15, 0.2) is 0 Å². The van der Waals surface area contributed by atoms with Crippen LogP contribution in [0, 0.1) is 5.92 Å². The quantitative estimate of drug-likeness (QED) is 0.883. The Labute approximate surface area is 112 Å². The smallest absolute Gasteiger partial charge is 0.335 e. The van der Waals surface area contributed by atoms with Crippen molar-refractivity contribution >= 4 is 11.8 Å². The largest absolute Gasteiger partial charge is 0.478 e. The van der Waals surface area contributed by atoms with E-state index in [0.29, 0.717) is 23.8 Å². The molecule has 4 nitrogen and oxygen atoms in total. The Morgan fingerprint density at radius 3 is 2.53 bits per heavy atom. The average molecular weight is 259 g/mol. The minimum Gasteiger partial charge on any atom is -0.478 e. The molecular weight excluding hydrogens is 242 g/mol. The van der Waals surface area contributed by atoms with E-state index in [-0.39, 0.29) is 12.0 Å². The molecule has 3 atom stereocenters. The van der Waals surface area contributed by atoms with Crippen molar-refractivity contribution in [3.05, 3.63) is 35.4 Å². The molecule has 19 heavy (non-hydrogen) atoms. The number of piperidine rings is 2. The van der Waals surface area contributed by atoms with E-state index in [1.165, 1.54) is 0 Å². The van der Waals surface area contributed by atoms with Crippen LogP contribution in [0.25, 0.3) is 0 Å². The highest BCUT2D eigenvalue weighted by Gasteiger charge is 2.45. The van der Waals surface area contributed by atoms with Crippen LogP contribution in [0.1, 0.15) is 41.2 Å². The molecule has 0 amide bonds. The predicted molar refractivity (Wildman–Crippen MR) is 70.0 cm³/mol. The first-order chi connectivity index (χ1) is 9.08. The number of fused-ring (bicyclic) bond motifs is 3. The summed E-state index contributed by atoms with van der Waals surface area (Å²) in [7, 11) is 2.07. The number of hydrogen-bond donors (Lipinski definition) is 1. The van der Waals surface area contributed by atoms with Gasteiger partial charge in [0.1, 0.15) is 5.78 Å². The van der Waals surface area contributed by atoms with Crippen molar-refractivity contribution in [2.24, 2.45) is 5.92 Å². The fraction of sp³-hybridized carbons (Fsp3) is 0.467. The van der Waals surface area contributed by atoms with Crippen molar-refractivity contribution in [1.29, 1.82) is 0 Å². The predicted octanol–water partition coefficient (Wildman–Crippen LogP) is 2.11. The first-order valence-electron chi connectivity index (χ1n) is 6.66. The molecular formula is C15H17NO3. The number of hydrogen-bond acceptors (Lipinski definition) is 3. The lowest BCUT2D eigenvalue weighted by molar-refractivity contribution is -0.136. The number of Topliss-reactive ketones (excluding diaryl/α,β-unsaturated/α-hetero) is 1. The highest BCUT2D eigenvalue weighted by Crippen LogP contribution is 2.44. The highest BCUT2D eigenvalue weighted by molar-refractivity contribution is 5.87. The third-order valence-corrected chi connectivity index (χ3v) is 4.56. The lowest BCUT2D eigenvalue weighted by atomic mass is 9.72. The molecule has 100 valence electrons. The molecule has 1 N–H and O–H groups in total. The summed E-state index contributed by atoms with van der Waals surface area (Å²) < 4.78 is 0. The molecule has 1 saturated carbocycles. The number of benzene rings is 1. The molecule has 1 aliphatic carbocycles. The van der Waals surface area contributed by atoms with Crippen molar-refractivity contribution in [3.63, 3.8) is 0 Å². The molecule has 4 rings (SSSR count). The summed E-state index contributed by atoms with van der Waals surface area (Å²) in [5, 5.41) is 8.92. The SMILES string of the molecule is CN1C2CCC(C(=O)C2)C1c1ccc(C(=O)O)cc1. The Kier molecular flexibility index (Phi) is 2.90. The molecule has 2 heterocycles. The van der Waals surface area contributed by atoms with Crippen molar-refractivity contribution < 1.29 is 14.7 Å².